The Balaban J connectivity index is 3.08. The maximum atomic E-state index is 9.94. The lowest BCUT2D eigenvalue weighted by Gasteiger charge is -1.87. The van der Waals surface area contributed by atoms with Crippen LogP contribution in [-0.4, -0.2) is 23.0 Å². The fraction of sp³-hybridized carbons (Fsp3) is 0. The van der Waals surface area contributed by atoms with Gasteiger partial charge in [0.1, 0.15) is 7.85 Å². The predicted molar refractivity (Wildman–Crippen MR) is 30.6 cm³/mol. The molecule has 0 saturated heterocycles. The number of hydrogen-bond donors (Lipinski definition) is 1. The molecule has 0 spiro atoms. The fourth-order valence-electron chi connectivity index (χ4n) is 0.435. The van der Waals surface area contributed by atoms with E-state index in [2.05, 4.69) is 10.2 Å². The van der Waals surface area contributed by atoms with Crippen molar-refractivity contribution in [2.75, 3.05) is 0 Å². The molecule has 0 aliphatic carbocycles. The number of aromatic nitrogens is 2. The lowest BCUT2D eigenvalue weighted by atomic mass is 10.0. The zero-order valence-corrected chi connectivity index (χ0v) is 4.37. The minimum Gasteiger partial charge on any atom is -0.358 e. The molecule has 0 aliphatic rings. The molecule has 1 rings (SSSR count). The minimum absolute atomic E-state index is 0.0556. The van der Waals surface area contributed by atoms with Gasteiger partial charge in [0.2, 0.25) is 0 Å². The normalized spacial score (nSPS) is 9.33. The molecule has 0 amide bonds. The van der Waals surface area contributed by atoms with Gasteiger partial charge >= 0.3 is 5.82 Å². The Bertz CT molecular complexity index is 233. The van der Waals surface area contributed by atoms with Gasteiger partial charge in [-0.1, -0.05) is 5.10 Å². The van der Waals surface area contributed by atoms with Crippen molar-refractivity contribution in [3.8, 4) is 0 Å². The van der Waals surface area contributed by atoms with Crippen molar-refractivity contribution in [2.24, 2.45) is 0 Å². The zero-order chi connectivity index (χ0) is 6.85. The predicted octanol–water partition coefficient (Wildman–Crippen LogP) is -0.888. The second kappa shape index (κ2) is 1.89. The van der Waals surface area contributed by atoms with E-state index in [9.17, 15) is 10.1 Å². The molecule has 0 fully saturated rings. The van der Waals surface area contributed by atoms with Crippen LogP contribution in [-0.2, 0) is 0 Å². The van der Waals surface area contributed by atoms with E-state index >= 15 is 0 Å². The Morgan fingerprint density at radius 3 is 2.78 bits per heavy atom. The Labute approximate surface area is 51.6 Å². The summed E-state index contributed by atoms with van der Waals surface area (Å²) in [5, 5.41) is 15.4. The largest absolute Gasteiger partial charge is 0.358 e. The highest BCUT2D eigenvalue weighted by Gasteiger charge is 2.07. The minimum atomic E-state index is -0.623. The molecule has 9 heavy (non-hydrogen) atoms. The summed E-state index contributed by atoms with van der Waals surface area (Å²) in [6.07, 6.45) is 1.19. The second-order valence-corrected chi connectivity index (χ2v) is 1.43. The van der Waals surface area contributed by atoms with Crippen molar-refractivity contribution < 1.29 is 4.92 Å². The highest BCUT2D eigenvalue weighted by molar-refractivity contribution is 6.34. The molecule has 0 saturated carbocycles. The first kappa shape index (κ1) is 5.81. The van der Waals surface area contributed by atoms with Gasteiger partial charge in [0.25, 0.3) is 0 Å². The lowest BCUT2D eigenvalue weighted by Crippen LogP contribution is -2.05. The van der Waals surface area contributed by atoms with Gasteiger partial charge in [-0.3, -0.25) is 0 Å². The smallest absolute Gasteiger partial charge is 0.335 e. The van der Waals surface area contributed by atoms with E-state index in [0.29, 0.717) is 0 Å². The molecule has 0 aromatic carbocycles. The standard InChI is InChI=1S/C3H2BN3O2/c4-2-1-5-6-3(2)7(8)9/h1H,(H,5,6). The van der Waals surface area contributed by atoms with Crippen molar-refractivity contribution >= 4 is 19.1 Å². The Morgan fingerprint density at radius 1 is 1.89 bits per heavy atom. The Morgan fingerprint density at radius 2 is 2.56 bits per heavy atom. The molecule has 5 nitrogen and oxygen atoms in total. The van der Waals surface area contributed by atoms with Crippen molar-refractivity contribution in [3.05, 3.63) is 16.3 Å². The number of nitro groups is 1. The van der Waals surface area contributed by atoms with Crippen LogP contribution in [0, 0.1) is 10.1 Å². The molecule has 1 aromatic heterocycles. The van der Waals surface area contributed by atoms with E-state index < -0.39 is 4.92 Å². The second-order valence-electron chi connectivity index (χ2n) is 1.43. The highest BCUT2D eigenvalue weighted by atomic mass is 16.6. The number of nitrogens with zero attached hydrogens (tertiary/aromatic N) is 2. The highest BCUT2D eigenvalue weighted by Crippen LogP contribution is 1.96. The number of hydrogen-bond acceptors (Lipinski definition) is 3. The summed E-state index contributed by atoms with van der Waals surface area (Å²) in [4.78, 5) is 9.31. The lowest BCUT2D eigenvalue weighted by molar-refractivity contribution is -0.388. The van der Waals surface area contributed by atoms with Crippen LogP contribution in [0.5, 0.6) is 0 Å². The van der Waals surface area contributed by atoms with E-state index in [-0.39, 0.29) is 11.3 Å². The van der Waals surface area contributed by atoms with Gasteiger partial charge in [0.05, 0.1) is 6.20 Å². The third-order valence-corrected chi connectivity index (χ3v) is 0.830. The summed E-state index contributed by atoms with van der Waals surface area (Å²) in [5.41, 5.74) is 0.0556. The van der Waals surface area contributed by atoms with Gasteiger partial charge < -0.3 is 10.1 Å². The third-order valence-electron chi connectivity index (χ3n) is 0.830. The van der Waals surface area contributed by atoms with Crippen LogP contribution in [0.15, 0.2) is 6.20 Å². The average Bonchev–Trinajstić information content (AvgIpc) is 2.13. The first-order valence-electron chi connectivity index (χ1n) is 2.15. The van der Waals surface area contributed by atoms with Crippen molar-refractivity contribution in [2.45, 2.75) is 0 Å². The summed E-state index contributed by atoms with van der Waals surface area (Å²) < 4.78 is 0. The monoisotopic (exact) mass is 123 g/mol. The molecular formula is C3H2BN3O2. The third kappa shape index (κ3) is 0.908. The zero-order valence-electron chi connectivity index (χ0n) is 4.37. The maximum absolute atomic E-state index is 9.94. The molecule has 0 atom stereocenters. The Kier molecular flexibility index (Phi) is 1.22. The molecule has 0 aliphatic heterocycles. The summed E-state index contributed by atoms with van der Waals surface area (Å²) in [7, 11) is 5.11. The van der Waals surface area contributed by atoms with Gasteiger partial charge in [-0.25, -0.2) is 0 Å². The van der Waals surface area contributed by atoms with E-state index in [1.807, 2.05) is 0 Å². The molecule has 1 aromatic rings. The first-order chi connectivity index (χ1) is 4.22. The van der Waals surface area contributed by atoms with Gasteiger partial charge in [0.15, 0.2) is 0 Å². The van der Waals surface area contributed by atoms with Crippen molar-refractivity contribution in [1.29, 1.82) is 0 Å². The molecule has 6 heteroatoms. The molecule has 1 heterocycles. The van der Waals surface area contributed by atoms with Gasteiger partial charge in [-0.15, -0.1) is 5.10 Å². The molecule has 44 valence electrons. The van der Waals surface area contributed by atoms with Crippen molar-refractivity contribution in [1.82, 2.24) is 10.2 Å². The van der Waals surface area contributed by atoms with Crippen LogP contribution >= 0.6 is 0 Å². The van der Waals surface area contributed by atoms with E-state index in [1.54, 1.807) is 0 Å². The quantitative estimate of drug-likeness (QED) is 0.299. The van der Waals surface area contributed by atoms with Crippen LogP contribution < -0.4 is 5.46 Å². The number of rotatable bonds is 1. The van der Waals surface area contributed by atoms with Crippen LogP contribution in [0.4, 0.5) is 5.82 Å². The van der Waals surface area contributed by atoms with Gasteiger partial charge in [-0.05, 0) is 4.92 Å². The summed E-state index contributed by atoms with van der Waals surface area (Å²) >= 11 is 0. The van der Waals surface area contributed by atoms with E-state index in [1.165, 1.54) is 6.20 Å². The summed E-state index contributed by atoms with van der Waals surface area (Å²) in [6, 6.07) is 0. The summed E-state index contributed by atoms with van der Waals surface area (Å²) in [5.74, 6) is -0.255. The topological polar surface area (TPSA) is 71.8 Å². The van der Waals surface area contributed by atoms with Crippen LogP contribution in [0.2, 0.25) is 0 Å². The number of aromatic amines is 1. The van der Waals surface area contributed by atoms with Gasteiger partial charge in [0, 0.05) is 5.46 Å². The van der Waals surface area contributed by atoms with Crippen LogP contribution in [0.25, 0.3) is 0 Å². The van der Waals surface area contributed by atoms with Crippen LogP contribution in [0.3, 0.4) is 0 Å². The first-order valence-corrected chi connectivity index (χ1v) is 2.15. The molecule has 0 unspecified atom stereocenters. The number of H-pyrrole nitrogens is 1. The van der Waals surface area contributed by atoms with E-state index in [4.69, 9.17) is 7.85 Å². The molecule has 2 radical (unpaired) electrons. The van der Waals surface area contributed by atoms with Crippen molar-refractivity contribution in [3.63, 3.8) is 0 Å². The summed E-state index contributed by atoms with van der Waals surface area (Å²) in [6.45, 7) is 0. The molecular weight excluding hydrogens is 121 g/mol. The van der Waals surface area contributed by atoms with Crippen LogP contribution in [0.1, 0.15) is 0 Å². The van der Waals surface area contributed by atoms with Gasteiger partial charge in [-0.2, -0.15) is 0 Å². The van der Waals surface area contributed by atoms with E-state index in [0.717, 1.165) is 0 Å². The fourth-order valence-corrected chi connectivity index (χ4v) is 0.435. The SMILES string of the molecule is [B]c1cn[nH]c1[N+](=O)[O-]. The average molecular weight is 123 g/mol. The number of nitrogens with one attached hydrogen (secondary N) is 1. The molecule has 0 bridgehead atoms. The Hall–Kier alpha value is -1.33. The maximum Gasteiger partial charge on any atom is 0.335 e. The molecule has 1 N–H and O–H groups in total.